The summed E-state index contributed by atoms with van der Waals surface area (Å²) in [6.45, 7) is 9.93. The molecule has 144 valence electrons. The molecule has 1 aromatic heterocycles. The molecular weight excluding hydrogens is 342 g/mol. The average molecular weight is 369 g/mol. The topological polar surface area (TPSA) is 63.6 Å². The summed E-state index contributed by atoms with van der Waals surface area (Å²) in [4.78, 5) is 27.1. The van der Waals surface area contributed by atoms with Crippen LogP contribution in [0.3, 0.4) is 0 Å². The van der Waals surface area contributed by atoms with Crippen molar-refractivity contribution in [1.82, 2.24) is 14.8 Å². The number of aryl methyl sites for hydroxylation is 2. The zero-order valence-electron chi connectivity index (χ0n) is 16.4. The molecule has 1 aromatic carbocycles. The smallest absolute Gasteiger partial charge is 0.253 e. The van der Waals surface area contributed by atoms with E-state index in [4.69, 9.17) is 4.74 Å². The second kappa shape index (κ2) is 7.96. The van der Waals surface area contributed by atoms with Crippen molar-refractivity contribution in [3.05, 3.63) is 52.8 Å². The molecule has 1 fully saturated rings. The minimum Gasteiger partial charge on any atom is -0.378 e. The molecule has 0 bridgehead atoms. The molecule has 2 heterocycles. The number of aromatic nitrogens is 1. The number of hydrogen-bond donors (Lipinski definition) is 1. The van der Waals surface area contributed by atoms with Gasteiger partial charge in [-0.1, -0.05) is 18.2 Å². The van der Waals surface area contributed by atoms with E-state index in [0.29, 0.717) is 31.9 Å². The van der Waals surface area contributed by atoms with Crippen LogP contribution in [0.15, 0.2) is 30.3 Å². The highest BCUT2D eigenvalue weighted by molar-refractivity contribution is 5.98. The Hall–Kier alpha value is -2.60. The average Bonchev–Trinajstić information content (AvgIpc) is 2.96. The van der Waals surface area contributed by atoms with Crippen molar-refractivity contribution in [3.63, 3.8) is 0 Å². The van der Waals surface area contributed by atoms with Crippen LogP contribution in [0.1, 0.15) is 34.2 Å². The molecule has 2 aromatic rings. The predicted octanol–water partition coefficient (Wildman–Crippen LogP) is 2.38. The van der Waals surface area contributed by atoms with Gasteiger partial charge in [0.1, 0.15) is 6.04 Å². The predicted molar refractivity (Wildman–Crippen MR) is 104 cm³/mol. The van der Waals surface area contributed by atoms with Crippen LogP contribution >= 0.6 is 0 Å². The summed E-state index contributed by atoms with van der Waals surface area (Å²) in [5.41, 5.74) is 4.65. The molecule has 1 aliphatic heterocycles. The molecule has 0 spiro atoms. The van der Waals surface area contributed by atoms with Crippen molar-refractivity contribution in [1.29, 1.82) is 0 Å². The summed E-state index contributed by atoms with van der Waals surface area (Å²) in [6, 6.07) is 9.39. The highest BCUT2D eigenvalue weighted by atomic mass is 16.5. The van der Waals surface area contributed by atoms with E-state index >= 15 is 0 Å². The second-order valence-corrected chi connectivity index (χ2v) is 7.04. The van der Waals surface area contributed by atoms with Gasteiger partial charge >= 0.3 is 0 Å². The van der Waals surface area contributed by atoms with Crippen molar-refractivity contribution < 1.29 is 14.3 Å². The number of rotatable bonds is 4. The molecule has 1 N–H and O–H groups in total. The summed E-state index contributed by atoms with van der Waals surface area (Å²) in [6.07, 6.45) is 0. The van der Waals surface area contributed by atoms with Crippen LogP contribution in [0.2, 0.25) is 0 Å². The number of morpholine rings is 1. The van der Waals surface area contributed by atoms with Gasteiger partial charge in [-0.15, -0.1) is 0 Å². The van der Waals surface area contributed by atoms with Crippen LogP contribution in [0.25, 0.3) is 5.69 Å². The fourth-order valence-electron chi connectivity index (χ4n) is 3.57. The van der Waals surface area contributed by atoms with E-state index in [0.717, 1.165) is 22.6 Å². The van der Waals surface area contributed by atoms with E-state index in [9.17, 15) is 9.59 Å². The van der Waals surface area contributed by atoms with Crippen molar-refractivity contribution in [2.24, 2.45) is 0 Å². The van der Waals surface area contributed by atoms with Crippen molar-refractivity contribution >= 4 is 11.8 Å². The molecule has 3 rings (SSSR count). The van der Waals surface area contributed by atoms with Crippen molar-refractivity contribution in [2.75, 3.05) is 26.3 Å². The van der Waals surface area contributed by atoms with Gasteiger partial charge in [-0.05, 0) is 45.4 Å². The Morgan fingerprint density at radius 2 is 1.78 bits per heavy atom. The van der Waals surface area contributed by atoms with Gasteiger partial charge in [0, 0.05) is 30.2 Å². The van der Waals surface area contributed by atoms with E-state index in [1.54, 1.807) is 11.8 Å². The van der Waals surface area contributed by atoms with Gasteiger partial charge in [0.15, 0.2) is 0 Å². The van der Waals surface area contributed by atoms with Crippen LogP contribution in [0.5, 0.6) is 0 Å². The van der Waals surface area contributed by atoms with E-state index in [-0.39, 0.29) is 11.8 Å². The lowest BCUT2D eigenvalue weighted by molar-refractivity contribution is -0.136. The molecule has 1 saturated heterocycles. The minimum absolute atomic E-state index is 0.0700. The van der Waals surface area contributed by atoms with Gasteiger partial charge in [-0.25, -0.2) is 0 Å². The molecule has 6 nitrogen and oxygen atoms in total. The first kappa shape index (κ1) is 19.2. The molecule has 27 heavy (non-hydrogen) atoms. The van der Waals surface area contributed by atoms with E-state index in [2.05, 4.69) is 22.9 Å². The molecular formula is C21H27N3O3. The van der Waals surface area contributed by atoms with Crippen LogP contribution in [-0.2, 0) is 9.53 Å². The summed E-state index contributed by atoms with van der Waals surface area (Å²) < 4.78 is 7.36. The Kier molecular flexibility index (Phi) is 5.65. The fraction of sp³-hybridized carbons (Fsp3) is 0.429. The standard InChI is InChI=1S/C21H27N3O3/c1-14-7-5-6-8-19(14)24-15(2)13-18(17(24)4)20(25)22-16(3)21(26)23-9-11-27-12-10-23/h5-8,13,16H,9-12H2,1-4H3,(H,22,25)/t16-/m0/s1. The van der Waals surface area contributed by atoms with Gasteiger partial charge < -0.3 is 19.5 Å². The number of carbonyl (C=O) groups is 2. The van der Waals surface area contributed by atoms with Gasteiger partial charge in [0.05, 0.1) is 18.8 Å². The zero-order valence-corrected chi connectivity index (χ0v) is 16.4. The van der Waals surface area contributed by atoms with Crippen LogP contribution in [-0.4, -0.2) is 53.6 Å². The number of benzene rings is 1. The Morgan fingerprint density at radius 3 is 2.44 bits per heavy atom. The number of nitrogens with zero attached hydrogens (tertiary/aromatic N) is 2. The second-order valence-electron chi connectivity index (χ2n) is 7.04. The number of hydrogen-bond acceptors (Lipinski definition) is 3. The lowest BCUT2D eigenvalue weighted by Gasteiger charge is -2.29. The Balaban J connectivity index is 1.78. The fourth-order valence-corrected chi connectivity index (χ4v) is 3.57. The lowest BCUT2D eigenvalue weighted by Crippen LogP contribution is -2.50. The van der Waals surface area contributed by atoms with Gasteiger partial charge in [0.2, 0.25) is 5.91 Å². The molecule has 2 amide bonds. The van der Waals surface area contributed by atoms with Crippen molar-refractivity contribution in [3.8, 4) is 5.69 Å². The maximum Gasteiger partial charge on any atom is 0.253 e. The SMILES string of the molecule is Cc1ccccc1-n1c(C)cc(C(=O)N[C@@H](C)C(=O)N2CCOCC2)c1C. The number of nitrogens with one attached hydrogen (secondary N) is 1. The summed E-state index contributed by atoms with van der Waals surface area (Å²) in [7, 11) is 0. The van der Waals surface area contributed by atoms with Crippen molar-refractivity contribution in [2.45, 2.75) is 33.7 Å². The number of carbonyl (C=O) groups excluding carboxylic acids is 2. The molecule has 1 aliphatic rings. The maximum atomic E-state index is 12.8. The Morgan fingerprint density at radius 1 is 1.11 bits per heavy atom. The van der Waals surface area contributed by atoms with E-state index in [1.165, 1.54) is 0 Å². The van der Waals surface area contributed by atoms with Gasteiger partial charge in [0.25, 0.3) is 5.91 Å². The maximum absolute atomic E-state index is 12.8. The highest BCUT2D eigenvalue weighted by Gasteiger charge is 2.25. The first-order valence-corrected chi connectivity index (χ1v) is 9.32. The van der Waals surface area contributed by atoms with Crippen LogP contribution in [0.4, 0.5) is 0 Å². The third-order valence-electron chi connectivity index (χ3n) is 5.07. The quantitative estimate of drug-likeness (QED) is 0.900. The number of para-hydroxylation sites is 1. The lowest BCUT2D eigenvalue weighted by atomic mass is 10.2. The van der Waals surface area contributed by atoms with Gasteiger partial charge in [-0.2, -0.15) is 0 Å². The Labute approximate surface area is 160 Å². The van der Waals surface area contributed by atoms with Gasteiger partial charge in [-0.3, -0.25) is 9.59 Å². The molecule has 0 saturated carbocycles. The first-order valence-electron chi connectivity index (χ1n) is 9.32. The number of amides is 2. The minimum atomic E-state index is -0.572. The van der Waals surface area contributed by atoms with E-state index < -0.39 is 6.04 Å². The molecule has 0 aliphatic carbocycles. The zero-order chi connectivity index (χ0) is 19.6. The van der Waals surface area contributed by atoms with Crippen LogP contribution < -0.4 is 5.32 Å². The number of ether oxygens (including phenoxy) is 1. The third kappa shape index (κ3) is 3.90. The summed E-state index contributed by atoms with van der Waals surface area (Å²) in [5.74, 6) is -0.295. The highest BCUT2D eigenvalue weighted by Crippen LogP contribution is 2.23. The molecule has 0 radical (unpaired) electrons. The first-order chi connectivity index (χ1) is 12.9. The molecule has 1 atom stereocenters. The van der Waals surface area contributed by atoms with Crippen LogP contribution in [0, 0.1) is 20.8 Å². The monoisotopic (exact) mass is 369 g/mol. The normalized spacial score (nSPS) is 15.5. The summed E-state index contributed by atoms with van der Waals surface area (Å²) in [5, 5.41) is 2.86. The molecule has 0 unspecified atom stereocenters. The molecule has 6 heteroatoms. The van der Waals surface area contributed by atoms with E-state index in [1.807, 2.05) is 38.1 Å². The Bertz CT molecular complexity index is 850. The largest absolute Gasteiger partial charge is 0.378 e. The summed E-state index contributed by atoms with van der Waals surface area (Å²) >= 11 is 0. The third-order valence-corrected chi connectivity index (χ3v) is 5.07.